The fourth-order valence-electron chi connectivity index (χ4n) is 1.88. The van der Waals surface area contributed by atoms with Gasteiger partial charge in [0.15, 0.2) is 11.1 Å². The lowest BCUT2D eigenvalue weighted by Crippen LogP contribution is -3.00. The normalized spacial score (nSPS) is 10.7. The molecule has 0 spiro atoms. The van der Waals surface area contributed by atoms with E-state index in [4.69, 9.17) is 11.5 Å². The number of hydrogen-bond donors (Lipinski definition) is 2. The molecule has 0 aromatic heterocycles. The highest BCUT2D eigenvalue weighted by Crippen LogP contribution is 2.11. The van der Waals surface area contributed by atoms with E-state index in [1.807, 2.05) is 0 Å². The zero-order valence-electron chi connectivity index (χ0n) is 12.2. The molecular weight excluding hydrogens is 328 g/mol. The maximum atomic E-state index is 11.7. The highest BCUT2D eigenvalue weighted by Gasteiger charge is 2.21. The van der Waals surface area contributed by atoms with Crippen molar-refractivity contribution in [1.29, 1.82) is 0 Å². The molecule has 0 aliphatic heterocycles. The second-order valence-corrected chi connectivity index (χ2v) is 5.44. The Balaban J connectivity index is 0. The van der Waals surface area contributed by atoms with E-state index < -0.39 is 0 Å². The molecule has 4 N–H and O–H groups in total. The fraction of sp³-hybridized carbons (Fsp3) is 0.833. The first-order valence-electron chi connectivity index (χ1n) is 6.55. The summed E-state index contributed by atoms with van der Waals surface area (Å²) >= 11 is 1.32. The lowest BCUT2D eigenvalue weighted by molar-refractivity contribution is -0.922. The maximum absolute atomic E-state index is 11.7. The molecule has 0 aromatic carbocycles. The topological polar surface area (TPSA) is 81.5 Å². The molecule has 0 amide bonds. The number of thioether (sulfide) groups is 1. The summed E-state index contributed by atoms with van der Waals surface area (Å²) in [6.45, 7) is 11.2. The van der Waals surface area contributed by atoms with Crippen LogP contribution in [-0.4, -0.2) is 54.0 Å². The van der Waals surface area contributed by atoms with Crippen LogP contribution < -0.4 is 28.4 Å². The van der Waals surface area contributed by atoms with E-state index in [1.165, 1.54) is 11.8 Å². The molecule has 19 heavy (non-hydrogen) atoms. The predicted octanol–water partition coefficient (Wildman–Crippen LogP) is -2.21. The van der Waals surface area contributed by atoms with Crippen molar-refractivity contribution >= 4 is 22.8 Å². The largest absolute Gasteiger partial charge is 1.00 e. The van der Waals surface area contributed by atoms with Crippen molar-refractivity contribution in [2.45, 2.75) is 27.2 Å². The van der Waals surface area contributed by atoms with Crippen LogP contribution in [0.25, 0.3) is 0 Å². The summed E-state index contributed by atoms with van der Waals surface area (Å²) in [6, 6.07) is 0. The van der Waals surface area contributed by atoms with Crippen LogP contribution in [0.15, 0.2) is 4.99 Å². The Kier molecular flexibility index (Phi) is 12.8. The SMILES string of the molecule is CC[N+](CC)(CC)CCC(=O)SCCN=C(N)N.[Br-]. The Hall–Kier alpha value is -0.270. The van der Waals surface area contributed by atoms with Crippen molar-refractivity contribution in [2.24, 2.45) is 16.5 Å². The van der Waals surface area contributed by atoms with Gasteiger partial charge in [-0.15, -0.1) is 0 Å². The zero-order valence-corrected chi connectivity index (χ0v) is 14.6. The first kappa shape index (κ1) is 21.0. The summed E-state index contributed by atoms with van der Waals surface area (Å²) in [5, 5.41) is 0.235. The summed E-state index contributed by atoms with van der Waals surface area (Å²) in [4.78, 5) is 15.6. The van der Waals surface area contributed by atoms with Crippen LogP contribution in [0.5, 0.6) is 0 Å². The number of nitrogens with zero attached hydrogens (tertiary/aromatic N) is 2. The standard InChI is InChI=1S/C12H27N4OS.BrH/c1-4-16(5-2,6-3)9-7-11(17)18-10-8-15-12(13)14;/h4-10H2,1-3H3,(H4,13,14,15);1H/q+1;/p-1. The number of carbonyl (C=O) groups excluding carboxylic acids is 1. The average molecular weight is 355 g/mol. The molecule has 114 valence electrons. The van der Waals surface area contributed by atoms with Crippen molar-refractivity contribution in [3.05, 3.63) is 0 Å². The summed E-state index contributed by atoms with van der Waals surface area (Å²) < 4.78 is 1.01. The van der Waals surface area contributed by atoms with Crippen molar-refractivity contribution in [1.82, 2.24) is 0 Å². The number of guanidine groups is 1. The molecule has 0 atom stereocenters. The molecule has 0 aliphatic carbocycles. The molecule has 7 heteroatoms. The van der Waals surface area contributed by atoms with Crippen LogP contribution in [-0.2, 0) is 4.79 Å². The minimum atomic E-state index is 0. The van der Waals surface area contributed by atoms with Gasteiger partial charge in [0.25, 0.3) is 0 Å². The van der Waals surface area contributed by atoms with Crippen LogP contribution in [0.3, 0.4) is 0 Å². The monoisotopic (exact) mass is 354 g/mol. The van der Waals surface area contributed by atoms with E-state index in [0.29, 0.717) is 18.7 Å². The van der Waals surface area contributed by atoms with Gasteiger partial charge < -0.3 is 32.9 Å². The van der Waals surface area contributed by atoms with Crippen molar-refractivity contribution in [3.63, 3.8) is 0 Å². The smallest absolute Gasteiger partial charge is 0.194 e. The number of nitrogens with two attached hydrogens (primary N) is 2. The zero-order chi connectivity index (χ0) is 14.0. The number of hydrogen-bond acceptors (Lipinski definition) is 3. The van der Waals surface area contributed by atoms with Gasteiger partial charge in [-0.3, -0.25) is 9.79 Å². The number of carbonyl (C=O) groups is 1. The maximum Gasteiger partial charge on any atom is 0.194 e. The molecule has 0 radical (unpaired) electrons. The lowest BCUT2D eigenvalue weighted by atomic mass is 10.3. The number of rotatable bonds is 9. The Bertz CT molecular complexity index is 271. The summed E-state index contributed by atoms with van der Waals surface area (Å²) in [5.74, 6) is 0.739. The summed E-state index contributed by atoms with van der Waals surface area (Å²) in [7, 11) is 0. The van der Waals surface area contributed by atoms with Crippen LogP contribution in [0.1, 0.15) is 27.2 Å². The first-order valence-corrected chi connectivity index (χ1v) is 7.54. The van der Waals surface area contributed by atoms with Gasteiger partial charge in [-0.2, -0.15) is 0 Å². The molecule has 0 aromatic rings. The summed E-state index contributed by atoms with van der Waals surface area (Å²) in [5.41, 5.74) is 10.4. The van der Waals surface area contributed by atoms with Crippen molar-refractivity contribution < 1.29 is 26.3 Å². The van der Waals surface area contributed by atoms with E-state index in [9.17, 15) is 4.79 Å². The first-order chi connectivity index (χ1) is 8.49. The van der Waals surface area contributed by atoms with Gasteiger partial charge in [0.1, 0.15) is 0 Å². The second kappa shape index (κ2) is 11.5. The Morgan fingerprint density at radius 2 is 1.68 bits per heavy atom. The third kappa shape index (κ3) is 9.29. The average Bonchev–Trinajstić information content (AvgIpc) is 2.37. The molecule has 0 bridgehead atoms. The van der Waals surface area contributed by atoms with E-state index in [1.54, 1.807) is 0 Å². The summed E-state index contributed by atoms with van der Waals surface area (Å²) in [6.07, 6.45) is 0.627. The molecule has 0 aliphatic rings. The van der Waals surface area contributed by atoms with Gasteiger partial charge in [0, 0.05) is 5.75 Å². The van der Waals surface area contributed by atoms with Gasteiger partial charge in [0.05, 0.1) is 39.1 Å². The molecule has 5 nitrogen and oxygen atoms in total. The number of aliphatic imine (C=N–C) groups is 1. The molecule has 0 heterocycles. The Labute approximate surface area is 131 Å². The quantitative estimate of drug-likeness (QED) is 0.213. The van der Waals surface area contributed by atoms with Gasteiger partial charge in [0.2, 0.25) is 0 Å². The molecule has 0 saturated heterocycles. The predicted molar refractivity (Wildman–Crippen MR) is 79.5 cm³/mol. The van der Waals surface area contributed by atoms with Crippen molar-refractivity contribution in [3.8, 4) is 0 Å². The molecule has 0 fully saturated rings. The minimum Gasteiger partial charge on any atom is -1.00 e. The van der Waals surface area contributed by atoms with Crippen LogP contribution >= 0.6 is 11.8 Å². The van der Waals surface area contributed by atoms with E-state index in [2.05, 4.69) is 25.8 Å². The number of halogens is 1. The van der Waals surface area contributed by atoms with E-state index >= 15 is 0 Å². The molecular formula is C12H27BrN4OS. The Morgan fingerprint density at radius 3 is 2.11 bits per heavy atom. The Morgan fingerprint density at radius 1 is 1.16 bits per heavy atom. The molecule has 0 unspecified atom stereocenters. The highest BCUT2D eigenvalue weighted by atomic mass is 79.9. The molecule has 0 rings (SSSR count). The number of quaternary nitrogens is 1. The van der Waals surface area contributed by atoms with Gasteiger partial charge in [-0.1, -0.05) is 11.8 Å². The van der Waals surface area contributed by atoms with Crippen LogP contribution in [0, 0.1) is 0 Å². The van der Waals surface area contributed by atoms with Crippen molar-refractivity contribution in [2.75, 3.05) is 38.5 Å². The van der Waals surface area contributed by atoms with Crippen LogP contribution in [0.2, 0.25) is 0 Å². The van der Waals surface area contributed by atoms with E-state index in [0.717, 1.165) is 30.7 Å². The lowest BCUT2D eigenvalue weighted by Gasteiger charge is -2.35. The van der Waals surface area contributed by atoms with Gasteiger partial charge in [-0.05, 0) is 20.8 Å². The van der Waals surface area contributed by atoms with E-state index in [-0.39, 0.29) is 28.1 Å². The van der Waals surface area contributed by atoms with Gasteiger partial charge in [-0.25, -0.2) is 0 Å². The minimum absolute atomic E-state index is 0. The molecule has 0 saturated carbocycles. The third-order valence-corrected chi connectivity index (χ3v) is 4.36. The van der Waals surface area contributed by atoms with Crippen LogP contribution in [0.4, 0.5) is 0 Å². The van der Waals surface area contributed by atoms with Gasteiger partial charge >= 0.3 is 0 Å². The third-order valence-electron chi connectivity index (χ3n) is 3.45. The fourth-order valence-corrected chi connectivity index (χ4v) is 2.53. The highest BCUT2D eigenvalue weighted by molar-refractivity contribution is 8.13. The second-order valence-electron chi connectivity index (χ2n) is 4.29.